The molecule has 0 saturated carbocycles. The highest BCUT2D eigenvalue weighted by molar-refractivity contribution is 7.45. The molecule has 2 atom stereocenters. The summed E-state index contributed by atoms with van der Waals surface area (Å²) in [6, 6.07) is 0. The van der Waals surface area contributed by atoms with E-state index >= 15 is 0 Å². The smallest absolute Gasteiger partial charge is 0.306 e. The quantitative estimate of drug-likeness (QED) is 0.0195. The van der Waals surface area contributed by atoms with Gasteiger partial charge in [-0.15, -0.1) is 0 Å². The number of unbranched alkanes of at least 4 members (excludes halogenated alkanes) is 24. The number of carbonyl (C=O) groups excluding carboxylic acids is 2. The zero-order chi connectivity index (χ0) is 54.2. The summed E-state index contributed by atoms with van der Waals surface area (Å²) in [6.07, 6.45) is 74.5. The van der Waals surface area contributed by atoms with Crippen molar-refractivity contribution in [3.63, 3.8) is 0 Å². The van der Waals surface area contributed by atoms with Crippen molar-refractivity contribution < 1.29 is 42.1 Å². The summed E-state index contributed by atoms with van der Waals surface area (Å²) in [5.74, 6) is -0.848. The van der Waals surface area contributed by atoms with Crippen LogP contribution in [-0.4, -0.2) is 70.0 Å². The van der Waals surface area contributed by atoms with Crippen molar-refractivity contribution in [1.29, 1.82) is 0 Å². The number of allylic oxidation sites excluding steroid dienone is 16. The number of hydrogen-bond donors (Lipinski definition) is 0. The highest BCUT2D eigenvalue weighted by Crippen LogP contribution is 2.38. The van der Waals surface area contributed by atoms with Crippen LogP contribution >= 0.6 is 7.82 Å². The summed E-state index contributed by atoms with van der Waals surface area (Å²) < 4.78 is 34.2. The summed E-state index contributed by atoms with van der Waals surface area (Å²) in [5.41, 5.74) is 0. The van der Waals surface area contributed by atoms with Gasteiger partial charge in [0.25, 0.3) is 7.82 Å². The average molecular weight is 1050 g/mol. The predicted molar refractivity (Wildman–Crippen MR) is 314 cm³/mol. The standard InChI is InChI=1S/C64H112NO8P/c1-6-8-10-12-14-16-18-20-22-24-26-27-28-29-30-31-32-33-34-35-36-37-39-41-43-45-47-49-51-53-55-57-64(67)73-62(61-72-74(68,69)71-59-58-65(3,4)5)60-70-63(66)56-54-52-50-48-46-44-42-40-38-25-23-21-19-17-15-13-11-9-7-2/h8,10,14,16,20,22,26-27,29-30,32-33,35-36,39,41,62H,6-7,9,11-13,15,17-19,21,23-25,28,31,34,37-38,40,42-61H2,1-5H3/b10-8-,16-14-,22-20-,27-26-,30-29-,33-32-,36-35-,41-39-. The van der Waals surface area contributed by atoms with Gasteiger partial charge in [0.2, 0.25) is 0 Å². The zero-order valence-corrected chi connectivity index (χ0v) is 49.2. The van der Waals surface area contributed by atoms with E-state index in [1.54, 1.807) is 0 Å². The second kappa shape index (κ2) is 54.7. The third-order valence-corrected chi connectivity index (χ3v) is 13.6. The first-order valence-corrected chi connectivity index (χ1v) is 31.4. The number of esters is 2. The Hall–Kier alpha value is -3.07. The molecule has 0 aromatic rings. The molecule has 0 saturated heterocycles. The van der Waals surface area contributed by atoms with Gasteiger partial charge in [-0.1, -0.05) is 252 Å². The fourth-order valence-electron chi connectivity index (χ4n) is 8.03. The average Bonchev–Trinajstić information content (AvgIpc) is 3.36. The van der Waals surface area contributed by atoms with Crippen LogP contribution in [0.2, 0.25) is 0 Å². The van der Waals surface area contributed by atoms with Gasteiger partial charge in [-0.05, 0) is 77.0 Å². The second-order valence-corrected chi connectivity index (χ2v) is 22.4. The van der Waals surface area contributed by atoms with Gasteiger partial charge in [0.1, 0.15) is 19.8 Å². The molecule has 0 radical (unpaired) electrons. The molecule has 0 heterocycles. The first kappa shape index (κ1) is 70.9. The highest BCUT2D eigenvalue weighted by atomic mass is 31.2. The van der Waals surface area contributed by atoms with Crippen LogP contribution in [-0.2, 0) is 32.7 Å². The van der Waals surface area contributed by atoms with E-state index in [4.69, 9.17) is 18.5 Å². The zero-order valence-electron chi connectivity index (χ0n) is 48.3. The van der Waals surface area contributed by atoms with E-state index in [9.17, 15) is 19.0 Å². The molecule has 0 aromatic carbocycles. The molecule has 426 valence electrons. The lowest BCUT2D eigenvalue weighted by atomic mass is 10.0. The van der Waals surface area contributed by atoms with Crippen LogP contribution in [0.4, 0.5) is 0 Å². The van der Waals surface area contributed by atoms with Crippen molar-refractivity contribution in [3.05, 3.63) is 97.2 Å². The molecular formula is C64H112NO8P. The first-order valence-electron chi connectivity index (χ1n) is 29.9. The van der Waals surface area contributed by atoms with Crippen molar-refractivity contribution >= 4 is 19.8 Å². The van der Waals surface area contributed by atoms with E-state index in [0.717, 1.165) is 109 Å². The molecule has 0 bridgehead atoms. The van der Waals surface area contributed by atoms with Crippen LogP contribution in [0.1, 0.15) is 245 Å². The Morgan fingerprint density at radius 1 is 0.432 bits per heavy atom. The van der Waals surface area contributed by atoms with Crippen molar-refractivity contribution in [2.75, 3.05) is 47.5 Å². The molecule has 0 aromatic heterocycles. The third-order valence-electron chi connectivity index (χ3n) is 12.6. The van der Waals surface area contributed by atoms with Gasteiger partial charge in [0.15, 0.2) is 6.10 Å². The molecule has 0 aliphatic heterocycles. The van der Waals surface area contributed by atoms with E-state index in [1.807, 2.05) is 21.1 Å². The number of hydrogen-bond acceptors (Lipinski definition) is 8. The summed E-state index contributed by atoms with van der Waals surface area (Å²) in [7, 11) is 1.15. The van der Waals surface area contributed by atoms with Gasteiger partial charge in [-0.3, -0.25) is 14.2 Å². The molecule has 9 nitrogen and oxygen atoms in total. The van der Waals surface area contributed by atoms with Gasteiger partial charge in [-0.25, -0.2) is 0 Å². The van der Waals surface area contributed by atoms with Gasteiger partial charge in [0.05, 0.1) is 27.7 Å². The Bertz CT molecular complexity index is 1570. The number of phosphoric acid groups is 1. The molecule has 2 unspecified atom stereocenters. The SMILES string of the molecule is CC/C=C\C/C=C\C/C=C\C/C=C\C/C=C\C/C=C\C/C=C\C/C=C\CCCCCCCCC(=O)OC(COC(=O)CCCCCCCCCCCCCCCCCCCCC)COP(=O)([O-])OCC[N+](C)(C)C. The van der Waals surface area contributed by atoms with Crippen molar-refractivity contribution in [1.82, 2.24) is 0 Å². The number of ether oxygens (including phenoxy) is 2. The Kier molecular flexibility index (Phi) is 52.4. The monoisotopic (exact) mass is 1050 g/mol. The molecule has 0 amide bonds. The van der Waals surface area contributed by atoms with Crippen LogP contribution in [0, 0.1) is 0 Å². The minimum Gasteiger partial charge on any atom is -0.756 e. The molecule has 10 heteroatoms. The highest BCUT2D eigenvalue weighted by Gasteiger charge is 2.22. The van der Waals surface area contributed by atoms with E-state index in [2.05, 4.69) is 111 Å². The molecule has 0 aliphatic rings. The maximum absolute atomic E-state index is 12.8. The molecule has 0 fully saturated rings. The van der Waals surface area contributed by atoms with Gasteiger partial charge in [-0.2, -0.15) is 0 Å². The summed E-state index contributed by atoms with van der Waals surface area (Å²) >= 11 is 0. The molecular weight excluding hydrogens is 942 g/mol. The lowest BCUT2D eigenvalue weighted by Crippen LogP contribution is -2.37. The van der Waals surface area contributed by atoms with Crippen molar-refractivity contribution in [3.8, 4) is 0 Å². The van der Waals surface area contributed by atoms with Crippen LogP contribution in [0.5, 0.6) is 0 Å². The van der Waals surface area contributed by atoms with Gasteiger partial charge in [0, 0.05) is 12.8 Å². The summed E-state index contributed by atoms with van der Waals surface area (Å²) in [4.78, 5) is 37.9. The topological polar surface area (TPSA) is 111 Å². The number of phosphoric ester groups is 1. The molecule has 0 spiro atoms. The van der Waals surface area contributed by atoms with Crippen LogP contribution in [0.15, 0.2) is 97.2 Å². The van der Waals surface area contributed by atoms with Gasteiger partial charge < -0.3 is 27.9 Å². The maximum Gasteiger partial charge on any atom is 0.306 e. The van der Waals surface area contributed by atoms with Crippen LogP contribution < -0.4 is 4.89 Å². The Morgan fingerprint density at radius 3 is 1.15 bits per heavy atom. The fourth-order valence-corrected chi connectivity index (χ4v) is 8.75. The van der Waals surface area contributed by atoms with E-state index in [1.165, 1.54) is 103 Å². The molecule has 0 rings (SSSR count). The first-order chi connectivity index (χ1) is 36.0. The molecule has 0 aliphatic carbocycles. The second-order valence-electron chi connectivity index (χ2n) is 21.0. The summed E-state index contributed by atoms with van der Waals surface area (Å²) in [6.45, 7) is 4.12. The summed E-state index contributed by atoms with van der Waals surface area (Å²) in [5, 5.41) is 0. The Morgan fingerprint density at radius 2 is 0.770 bits per heavy atom. The minimum atomic E-state index is -4.65. The van der Waals surface area contributed by atoms with Crippen LogP contribution in [0.25, 0.3) is 0 Å². The van der Waals surface area contributed by atoms with Crippen molar-refractivity contribution in [2.45, 2.75) is 251 Å². The minimum absolute atomic E-state index is 0.0374. The lowest BCUT2D eigenvalue weighted by molar-refractivity contribution is -0.870. The molecule has 74 heavy (non-hydrogen) atoms. The Balaban J connectivity index is 4.21. The predicted octanol–water partition coefficient (Wildman–Crippen LogP) is 18.2. The van der Waals surface area contributed by atoms with Crippen LogP contribution in [0.3, 0.4) is 0 Å². The number of likely N-dealkylation sites (N-methyl/N-ethyl adjacent to an activating group) is 1. The maximum atomic E-state index is 12.8. The van der Waals surface area contributed by atoms with E-state index < -0.39 is 26.5 Å². The molecule has 0 N–H and O–H groups in total. The largest absolute Gasteiger partial charge is 0.756 e. The Labute approximate surface area is 455 Å². The number of carbonyl (C=O) groups is 2. The number of quaternary nitrogens is 1. The lowest BCUT2D eigenvalue weighted by Gasteiger charge is -2.28. The normalized spacial score (nSPS) is 14.0. The third kappa shape index (κ3) is 58.2. The number of rotatable bonds is 54. The fraction of sp³-hybridized carbons (Fsp3) is 0.719. The number of nitrogens with zero attached hydrogens (tertiary/aromatic N) is 1. The van der Waals surface area contributed by atoms with Gasteiger partial charge >= 0.3 is 11.9 Å². The van der Waals surface area contributed by atoms with Crippen molar-refractivity contribution in [2.24, 2.45) is 0 Å². The van der Waals surface area contributed by atoms with E-state index in [0.29, 0.717) is 17.4 Å². The van der Waals surface area contributed by atoms with E-state index in [-0.39, 0.29) is 32.0 Å².